The minimum Gasteiger partial charge on any atom is -0.494 e. The Bertz CT molecular complexity index is 542. The number of anilines is 1. The van der Waals surface area contributed by atoms with Gasteiger partial charge in [-0.3, -0.25) is 0 Å². The Hall–Kier alpha value is -1.74. The Morgan fingerprint density at radius 3 is 2.53 bits per heavy atom. The predicted octanol–water partition coefficient (Wildman–Crippen LogP) is 4.49. The van der Waals surface area contributed by atoms with Gasteiger partial charge in [-0.25, -0.2) is 4.39 Å². The minimum atomic E-state index is -0.349. The van der Waals surface area contributed by atoms with Gasteiger partial charge < -0.3 is 10.1 Å². The predicted molar refractivity (Wildman–Crippen MR) is 76.3 cm³/mol. The monoisotopic (exact) mass is 279 g/mol. The topological polar surface area (TPSA) is 21.3 Å². The highest BCUT2D eigenvalue weighted by Crippen LogP contribution is 2.20. The highest BCUT2D eigenvalue weighted by atomic mass is 35.5. The van der Waals surface area contributed by atoms with Gasteiger partial charge in [0.15, 0.2) is 0 Å². The minimum absolute atomic E-state index is 0.349. The molecule has 0 fully saturated rings. The summed E-state index contributed by atoms with van der Waals surface area (Å²) >= 11 is 5.70. The van der Waals surface area contributed by atoms with Crippen molar-refractivity contribution in [3.63, 3.8) is 0 Å². The number of hydrogen-bond acceptors (Lipinski definition) is 2. The SMILES string of the molecule is CCOc1ccc(CNc2ccc(Cl)cc2F)cc1. The molecule has 0 aromatic heterocycles. The Morgan fingerprint density at radius 1 is 1.16 bits per heavy atom. The molecular formula is C15H15ClFNO. The molecule has 0 radical (unpaired) electrons. The van der Waals surface area contributed by atoms with Crippen LogP contribution in [0, 0.1) is 5.82 Å². The van der Waals surface area contributed by atoms with Gasteiger partial charge in [0.25, 0.3) is 0 Å². The first-order chi connectivity index (χ1) is 9.19. The molecule has 0 aliphatic carbocycles. The molecule has 1 N–H and O–H groups in total. The number of halogens is 2. The van der Waals surface area contributed by atoms with Gasteiger partial charge >= 0.3 is 0 Å². The van der Waals surface area contributed by atoms with Crippen molar-refractivity contribution < 1.29 is 9.13 Å². The third-order valence-electron chi connectivity index (χ3n) is 2.65. The maximum Gasteiger partial charge on any atom is 0.147 e. The molecule has 19 heavy (non-hydrogen) atoms. The average molecular weight is 280 g/mol. The van der Waals surface area contributed by atoms with Crippen molar-refractivity contribution in [1.29, 1.82) is 0 Å². The summed E-state index contributed by atoms with van der Waals surface area (Å²) in [5.74, 6) is 0.488. The molecule has 2 rings (SSSR count). The van der Waals surface area contributed by atoms with Gasteiger partial charge in [-0.15, -0.1) is 0 Å². The molecule has 2 nitrogen and oxygen atoms in total. The third-order valence-corrected chi connectivity index (χ3v) is 2.88. The fourth-order valence-corrected chi connectivity index (χ4v) is 1.86. The van der Waals surface area contributed by atoms with Crippen LogP contribution in [0.4, 0.5) is 10.1 Å². The molecule has 0 atom stereocenters. The number of ether oxygens (including phenoxy) is 1. The molecule has 0 unspecified atom stereocenters. The number of benzene rings is 2. The molecular weight excluding hydrogens is 265 g/mol. The van der Waals surface area contributed by atoms with Gasteiger partial charge in [-0.05, 0) is 42.8 Å². The zero-order valence-corrected chi connectivity index (χ0v) is 11.4. The highest BCUT2D eigenvalue weighted by Gasteiger charge is 2.02. The molecule has 0 aliphatic rings. The fourth-order valence-electron chi connectivity index (χ4n) is 1.70. The molecule has 0 bridgehead atoms. The zero-order chi connectivity index (χ0) is 13.7. The summed E-state index contributed by atoms with van der Waals surface area (Å²) in [7, 11) is 0. The summed E-state index contributed by atoms with van der Waals surface area (Å²) in [6, 6.07) is 12.3. The van der Waals surface area contributed by atoms with Crippen molar-refractivity contribution in [3.8, 4) is 5.75 Å². The Balaban J connectivity index is 1.98. The third kappa shape index (κ3) is 3.86. The van der Waals surface area contributed by atoms with E-state index < -0.39 is 0 Å². The van der Waals surface area contributed by atoms with Gasteiger partial charge in [-0.2, -0.15) is 0 Å². The van der Waals surface area contributed by atoms with Crippen molar-refractivity contribution in [3.05, 3.63) is 58.9 Å². The Labute approximate surface area is 117 Å². The van der Waals surface area contributed by atoms with E-state index in [1.807, 2.05) is 31.2 Å². The molecule has 2 aromatic carbocycles. The summed E-state index contributed by atoms with van der Waals surface area (Å²) in [5, 5.41) is 3.43. The van der Waals surface area contributed by atoms with Crippen LogP contribution in [-0.2, 0) is 6.54 Å². The first kappa shape index (κ1) is 13.7. The van der Waals surface area contributed by atoms with Crippen LogP contribution in [0.25, 0.3) is 0 Å². The quantitative estimate of drug-likeness (QED) is 0.871. The molecule has 0 aliphatic heterocycles. The van der Waals surface area contributed by atoms with Crippen molar-refractivity contribution in [2.24, 2.45) is 0 Å². The van der Waals surface area contributed by atoms with Crippen LogP contribution in [0.1, 0.15) is 12.5 Å². The van der Waals surface area contributed by atoms with E-state index >= 15 is 0 Å². The summed E-state index contributed by atoms with van der Waals surface area (Å²) in [5.41, 5.74) is 1.50. The second-order valence-electron chi connectivity index (χ2n) is 4.05. The molecule has 0 spiro atoms. The van der Waals surface area contributed by atoms with E-state index in [2.05, 4.69) is 5.32 Å². The van der Waals surface area contributed by atoms with Crippen molar-refractivity contribution in [2.75, 3.05) is 11.9 Å². The van der Waals surface area contributed by atoms with Crippen LogP contribution < -0.4 is 10.1 Å². The van der Waals surface area contributed by atoms with Gasteiger partial charge in [0.2, 0.25) is 0 Å². The summed E-state index contributed by atoms with van der Waals surface area (Å²) < 4.78 is 18.9. The number of hydrogen-bond donors (Lipinski definition) is 1. The molecule has 2 aromatic rings. The van der Waals surface area contributed by atoms with Gasteiger partial charge in [0.1, 0.15) is 11.6 Å². The maximum atomic E-state index is 13.6. The van der Waals surface area contributed by atoms with Crippen LogP contribution in [0.5, 0.6) is 5.75 Å². The molecule has 0 heterocycles. The molecule has 4 heteroatoms. The van der Waals surface area contributed by atoms with E-state index in [1.54, 1.807) is 12.1 Å². The lowest BCUT2D eigenvalue weighted by Crippen LogP contribution is -2.01. The van der Waals surface area contributed by atoms with E-state index in [0.29, 0.717) is 23.9 Å². The lowest BCUT2D eigenvalue weighted by Gasteiger charge is -2.09. The second-order valence-corrected chi connectivity index (χ2v) is 4.49. The number of rotatable bonds is 5. The fraction of sp³-hybridized carbons (Fsp3) is 0.200. The van der Waals surface area contributed by atoms with E-state index in [9.17, 15) is 4.39 Å². The van der Waals surface area contributed by atoms with Crippen LogP contribution >= 0.6 is 11.6 Å². The van der Waals surface area contributed by atoms with Crippen LogP contribution in [-0.4, -0.2) is 6.61 Å². The normalized spacial score (nSPS) is 10.3. The first-order valence-electron chi connectivity index (χ1n) is 6.09. The van der Waals surface area contributed by atoms with E-state index in [0.717, 1.165) is 11.3 Å². The summed E-state index contributed by atoms with van der Waals surface area (Å²) in [4.78, 5) is 0. The largest absolute Gasteiger partial charge is 0.494 e. The second kappa shape index (κ2) is 6.43. The summed E-state index contributed by atoms with van der Waals surface area (Å²) in [6.45, 7) is 3.14. The standard InChI is InChI=1S/C15H15ClFNO/c1-2-19-13-6-3-11(4-7-13)10-18-15-8-5-12(16)9-14(15)17/h3-9,18H,2,10H2,1H3. The molecule has 0 saturated carbocycles. The van der Waals surface area contributed by atoms with Crippen LogP contribution in [0.3, 0.4) is 0 Å². The molecule has 0 amide bonds. The first-order valence-corrected chi connectivity index (χ1v) is 6.47. The van der Waals surface area contributed by atoms with E-state index in [-0.39, 0.29) is 5.82 Å². The smallest absolute Gasteiger partial charge is 0.147 e. The van der Waals surface area contributed by atoms with Crippen LogP contribution in [0.2, 0.25) is 5.02 Å². The van der Waals surface area contributed by atoms with Gasteiger partial charge in [0, 0.05) is 11.6 Å². The molecule has 100 valence electrons. The van der Waals surface area contributed by atoms with Gasteiger partial charge in [0.05, 0.1) is 12.3 Å². The maximum absolute atomic E-state index is 13.6. The van der Waals surface area contributed by atoms with E-state index in [1.165, 1.54) is 6.07 Å². The lowest BCUT2D eigenvalue weighted by atomic mass is 10.2. The van der Waals surface area contributed by atoms with Gasteiger partial charge in [-0.1, -0.05) is 23.7 Å². The van der Waals surface area contributed by atoms with Crippen molar-refractivity contribution in [2.45, 2.75) is 13.5 Å². The average Bonchev–Trinajstić information content (AvgIpc) is 2.40. The molecule has 0 saturated heterocycles. The highest BCUT2D eigenvalue weighted by molar-refractivity contribution is 6.30. The van der Waals surface area contributed by atoms with Crippen molar-refractivity contribution in [1.82, 2.24) is 0 Å². The van der Waals surface area contributed by atoms with E-state index in [4.69, 9.17) is 16.3 Å². The Morgan fingerprint density at radius 2 is 1.89 bits per heavy atom. The number of nitrogens with one attached hydrogen (secondary N) is 1. The lowest BCUT2D eigenvalue weighted by molar-refractivity contribution is 0.340. The van der Waals surface area contributed by atoms with Crippen LogP contribution in [0.15, 0.2) is 42.5 Å². The zero-order valence-electron chi connectivity index (χ0n) is 10.6. The Kier molecular flexibility index (Phi) is 4.63. The summed E-state index contributed by atoms with van der Waals surface area (Å²) in [6.07, 6.45) is 0. The van der Waals surface area contributed by atoms with Crippen molar-refractivity contribution >= 4 is 17.3 Å².